The van der Waals surface area contributed by atoms with E-state index in [0.29, 0.717) is 19.5 Å². The SMILES string of the molecule is CCN(CC)C(=O)CCNCC1(O)CCCCC1. The molecule has 1 fully saturated rings. The average molecular weight is 256 g/mol. The summed E-state index contributed by atoms with van der Waals surface area (Å²) >= 11 is 0. The summed E-state index contributed by atoms with van der Waals surface area (Å²) in [4.78, 5) is 13.6. The topological polar surface area (TPSA) is 52.6 Å². The maximum absolute atomic E-state index is 11.8. The lowest BCUT2D eigenvalue weighted by atomic mass is 9.85. The van der Waals surface area contributed by atoms with Crippen molar-refractivity contribution in [1.29, 1.82) is 0 Å². The van der Waals surface area contributed by atoms with Crippen molar-refractivity contribution in [3.8, 4) is 0 Å². The minimum absolute atomic E-state index is 0.197. The highest BCUT2D eigenvalue weighted by Gasteiger charge is 2.28. The molecule has 1 rings (SSSR count). The third-order valence-corrected chi connectivity index (χ3v) is 3.87. The van der Waals surface area contributed by atoms with Crippen molar-refractivity contribution in [2.75, 3.05) is 26.2 Å². The fourth-order valence-corrected chi connectivity index (χ4v) is 2.64. The maximum Gasteiger partial charge on any atom is 0.223 e. The molecule has 4 nitrogen and oxygen atoms in total. The number of nitrogens with zero attached hydrogens (tertiary/aromatic N) is 1. The quantitative estimate of drug-likeness (QED) is 0.679. The second-order valence-electron chi connectivity index (χ2n) is 5.28. The van der Waals surface area contributed by atoms with Crippen molar-refractivity contribution in [1.82, 2.24) is 10.2 Å². The van der Waals surface area contributed by atoms with Crippen LogP contribution in [0.4, 0.5) is 0 Å². The van der Waals surface area contributed by atoms with Gasteiger partial charge in [-0.25, -0.2) is 0 Å². The van der Waals surface area contributed by atoms with Crippen molar-refractivity contribution in [3.63, 3.8) is 0 Å². The third-order valence-electron chi connectivity index (χ3n) is 3.87. The minimum atomic E-state index is -0.531. The van der Waals surface area contributed by atoms with Crippen LogP contribution in [0.15, 0.2) is 0 Å². The Hall–Kier alpha value is -0.610. The van der Waals surface area contributed by atoms with Gasteiger partial charge in [0, 0.05) is 32.6 Å². The van der Waals surface area contributed by atoms with Gasteiger partial charge in [-0.3, -0.25) is 4.79 Å². The van der Waals surface area contributed by atoms with E-state index in [-0.39, 0.29) is 5.91 Å². The van der Waals surface area contributed by atoms with Crippen LogP contribution in [0.1, 0.15) is 52.4 Å². The zero-order chi connectivity index (χ0) is 13.4. The van der Waals surface area contributed by atoms with E-state index in [9.17, 15) is 9.90 Å². The van der Waals surface area contributed by atoms with Crippen LogP contribution in [0.2, 0.25) is 0 Å². The van der Waals surface area contributed by atoms with Crippen LogP contribution in [0.25, 0.3) is 0 Å². The van der Waals surface area contributed by atoms with E-state index < -0.39 is 5.60 Å². The van der Waals surface area contributed by atoms with Gasteiger partial charge in [-0.1, -0.05) is 19.3 Å². The number of carbonyl (C=O) groups excluding carboxylic acids is 1. The van der Waals surface area contributed by atoms with Gasteiger partial charge in [0.15, 0.2) is 0 Å². The Morgan fingerprint density at radius 3 is 2.39 bits per heavy atom. The molecular formula is C14H28N2O2. The van der Waals surface area contributed by atoms with Gasteiger partial charge in [0.05, 0.1) is 5.60 Å². The average Bonchev–Trinajstić information content (AvgIpc) is 2.37. The van der Waals surface area contributed by atoms with Gasteiger partial charge in [-0.15, -0.1) is 0 Å². The molecule has 0 heterocycles. The molecule has 0 atom stereocenters. The summed E-state index contributed by atoms with van der Waals surface area (Å²) in [5, 5.41) is 13.5. The number of hydrogen-bond donors (Lipinski definition) is 2. The smallest absolute Gasteiger partial charge is 0.223 e. The molecule has 1 aliphatic carbocycles. The predicted octanol–water partition coefficient (Wildman–Crippen LogP) is 1.53. The lowest BCUT2D eigenvalue weighted by Crippen LogP contribution is -2.43. The number of aliphatic hydroxyl groups is 1. The van der Waals surface area contributed by atoms with Gasteiger partial charge >= 0.3 is 0 Å². The Morgan fingerprint density at radius 1 is 1.22 bits per heavy atom. The van der Waals surface area contributed by atoms with Gasteiger partial charge in [-0.05, 0) is 26.7 Å². The monoisotopic (exact) mass is 256 g/mol. The maximum atomic E-state index is 11.8. The van der Waals surface area contributed by atoms with Crippen molar-refractivity contribution < 1.29 is 9.90 Å². The number of rotatable bonds is 7. The van der Waals surface area contributed by atoms with Gasteiger partial charge < -0.3 is 15.3 Å². The summed E-state index contributed by atoms with van der Waals surface area (Å²) in [7, 11) is 0. The number of carbonyl (C=O) groups is 1. The summed E-state index contributed by atoms with van der Waals surface area (Å²) in [6.45, 7) is 6.84. The van der Waals surface area contributed by atoms with Gasteiger partial charge in [0.25, 0.3) is 0 Å². The molecule has 1 saturated carbocycles. The molecule has 0 aliphatic heterocycles. The van der Waals surface area contributed by atoms with E-state index in [2.05, 4.69) is 5.32 Å². The van der Waals surface area contributed by atoms with Crippen molar-refractivity contribution in [2.45, 2.75) is 58.0 Å². The minimum Gasteiger partial charge on any atom is -0.389 e. The van der Waals surface area contributed by atoms with Gasteiger partial charge in [0.2, 0.25) is 5.91 Å². The summed E-state index contributed by atoms with van der Waals surface area (Å²) in [5.74, 6) is 0.197. The Kier molecular flexibility index (Phi) is 6.65. The molecule has 106 valence electrons. The molecule has 0 aromatic heterocycles. The molecule has 0 aromatic carbocycles. The second kappa shape index (κ2) is 7.74. The highest BCUT2D eigenvalue weighted by Crippen LogP contribution is 2.27. The van der Waals surface area contributed by atoms with E-state index in [1.54, 1.807) is 0 Å². The molecular weight excluding hydrogens is 228 g/mol. The molecule has 0 aromatic rings. The molecule has 0 bridgehead atoms. The summed E-state index contributed by atoms with van der Waals surface area (Å²) in [6, 6.07) is 0. The van der Waals surface area contributed by atoms with Gasteiger partial charge in [0.1, 0.15) is 0 Å². The second-order valence-corrected chi connectivity index (χ2v) is 5.28. The first kappa shape index (κ1) is 15.4. The Labute approximate surface area is 111 Å². The van der Waals surface area contributed by atoms with Crippen LogP contribution >= 0.6 is 0 Å². The third kappa shape index (κ3) is 4.94. The Morgan fingerprint density at radius 2 is 1.83 bits per heavy atom. The van der Waals surface area contributed by atoms with Gasteiger partial charge in [-0.2, -0.15) is 0 Å². The first-order valence-electron chi connectivity index (χ1n) is 7.32. The van der Waals surface area contributed by atoms with E-state index in [1.807, 2.05) is 18.7 Å². The zero-order valence-electron chi connectivity index (χ0n) is 11.9. The molecule has 0 spiro atoms. The lowest BCUT2D eigenvalue weighted by Gasteiger charge is -2.32. The predicted molar refractivity (Wildman–Crippen MR) is 73.4 cm³/mol. The van der Waals surface area contributed by atoms with E-state index in [4.69, 9.17) is 0 Å². The largest absolute Gasteiger partial charge is 0.389 e. The molecule has 1 aliphatic rings. The normalized spacial score (nSPS) is 18.6. The summed E-state index contributed by atoms with van der Waals surface area (Å²) < 4.78 is 0. The van der Waals surface area contributed by atoms with Crippen molar-refractivity contribution >= 4 is 5.91 Å². The zero-order valence-corrected chi connectivity index (χ0v) is 11.9. The van der Waals surface area contributed by atoms with Crippen LogP contribution in [-0.2, 0) is 4.79 Å². The number of hydrogen-bond acceptors (Lipinski definition) is 3. The molecule has 1 amide bonds. The first-order chi connectivity index (χ1) is 8.61. The fraction of sp³-hybridized carbons (Fsp3) is 0.929. The van der Waals surface area contributed by atoms with Crippen LogP contribution < -0.4 is 5.32 Å². The highest BCUT2D eigenvalue weighted by molar-refractivity contribution is 5.76. The fourth-order valence-electron chi connectivity index (χ4n) is 2.64. The van der Waals surface area contributed by atoms with Crippen LogP contribution in [0.3, 0.4) is 0 Å². The van der Waals surface area contributed by atoms with E-state index >= 15 is 0 Å². The standard InChI is InChI=1S/C14H28N2O2/c1-3-16(4-2)13(17)8-11-15-12-14(18)9-6-5-7-10-14/h15,18H,3-12H2,1-2H3. The van der Waals surface area contributed by atoms with Crippen molar-refractivity contribution in [3.05, 3.63) is 0 Å². The van der Waals surface area contributed by atoms with Crippen LogP contribution in [-0.4, -0.2) is 47.7 Å². The Bertz CT molecular complexity index is 246. The summed E-state index contributed by atoms with van der Waals surface area (Å²) in [6.07, 6.45) is 5.79. The molecule has 18 heavy (non-hydrogen) atoms. The number of amides is 1. The van der Waals surface area contributed by atoms with Crippen LogP contribution in [0, 0.1) is 0 Å². The molecule has 0 saturated heterocycles. The van der Waals surface area contributed by atoms with Crippen molar-refractivity contribution in [2.24, 2.45) is 0 Å². The summed E-state index contributed by atoms with van der Waals surface area (Å²) in [5.41, 5.74) is -0.531. The molecule has 0 radical (unpaired) electrons. The molecule has 0 unspecified atom stereocenters. The van der Waals surface area contributed by atoms with Crippen LogP contribution in [0.5, 0.6) is 0 Å². The first-order valence-corrected chi connectivity index (χ1v) is 7.32. The number of nitrogens with one attached hydrogen (secondary N) is 1. The van der Waals surface area contributed by atoms with E-state index in [0.717, 1.165) is 38.8 Å². The molecule has 4 heteroatoms. The Balaban J connectivity index is 2.16. The highest BCUT2D eigenvalue weighted by atomic mass is 16.3. The lowest BCUT2D eigenvalue weighted by molar-refractivity contribution is -0.130. The van der Waals surface area contributed by atoms with E-state index in [1.165, 1.54) is 6.42 Å². The molecule has 2 N–H and O–H groups in total.